The van der Waals surface area contributed by atoms with E-state index in [0.29, 0.717) is 23.8 Å². The highest BCUT2D eigenvalue weighted by Gasteiger charge is 2.26. The molecule has 2 aromatic rings. The third kappa shape index (κ3) is 7.56. The lowest BCUT2D eigenvalue weighted by Crippen LogP contribution is -2.50. The third-order valence-corrected chi connectivity index (χ3v) is 7.74. The van der Waals surface area contributed by atoms with E-state index >= 15 is 0 Å². The van der Waals surface area contributed by atoms with Gasteiger partial charge in [-0.25, -0.2) is 0 Å². The van der Waals surface area contributed by atoms with E-state index in [1.165, 1.54) is 5.56 Å². The molecule has 2 aliphatic rings. The molecule has 0 radical (unpaired) electrons. The minimum atomic E-state index is -0.0161. The van der Waals surface area contributed by atoms with Crippen LogP contribution in [0.4, 0.5) is 5.69 Å². The second kappa shape index (κ2) is 13.1. The van der Waals surface area contributed by atoms with Gasteiger partial charge < -0.3 is 10.2 Å². The molecule has 6 nitrogen and oxygen atoms in total. The molecule has 2 saturated heterocycles. The fourth-order valence-electron chi connectivity index (χ4n) is 5.06. The molecule has 4 rings (SSSR count). The fourth-order valence-corrected chi connectivity index (χ4v) is 5.96. The van der Waals surface area contributed by atoms with Gasteiger partial charge in [0.25, 0.3) is 5.91 Å². The largest absolute Gasteiger partial charge is 0.337 e. The van der Waals surface area contributed by atoms with Crippen LogP contribution < -0.4 is 5.32 Å². The van der Waals surface area contributed by atoms with E-state index in [0.717, 1.165) is 70.0 Å². The highest BCUT2D eigenvalue weighted by molar-refractivity contribution is 7.99. The Morgan fingerprint density at radius 2 is 1.86 bits per heavy atom. The first-order valence-corrected chi connectivity index (χ1v) is 14.0. The summed E-state index contributed by atoms with van der Waals surface area (Å²) < 4.78 is 0. The van der Waals surface area contributed by atoms with Gasteiger partial charge >= 0.3 is 0 Å². The molecular weight excluding hydrogens is 456 g/mol. The molecule has 2 fully saturated rings. The van der Waals surface area contributed by atoms with E-state index in [2.05, 4.69) is 52.4 Å². The number of thioether (sulfide) groups is 1. The summed E-state index contributed by atoms with van der Waals surface area (Å²) in [7, 11) is 0. The summed E-state index contributed by atoms with van der Waals surface area (Å²) in [6, 6.07) is 18.4. The topological polar surface area (TPSA) is 55.9 Å². The molecular formula is C28H38N4O2S. The number of carbonyl (C=O) groups excluding carboxylic acids is 2. The number of nitrogens with zero attached hydrogens (tertiary/aromatic N) is 3. The second-order valence-electron chi connectivity index (χ2n) is 9.52. The Bertz CT molecular complexity index is 964. The Balaban J connectivity index is 1.34. The van der Waals surface area contributed by atoms with Crippen molar-refractivity contribution >= 4 is 29.3 Å². The predicted molar refractivity (Wildman–Crippen MR) is 145 cm³/mol. The first-order chi connectivity index (χ1) is 17.1. The minimum Gasteiger partial charge on any atom is -0.337 e. The van der Waals surface area contributed by atoms with Gasteiger partial charge in [-0.15, -0.1) is 0 Å². The van der Waals surface area contributed by atoms with Crippen molar-refractivity contribution < 1.29 is 9.59 Å². The van der Waals surface area contributed by atoms with Gasteiger partial charge in [-0.05, 0) is 56.1 Å². The van der Waals surface area contributed by atoms with E-state index < -0.39 is 0 Å². The average Bonchev–Trinajstić information content (AvgIpc) is 2.89. The van der Waals surface area contributed by atoms with Crippen LogP contribution in [0.2, 0.25) is 0 Å². The molecule has 0 saturated carbocycles. The molecule has 1 N–H and O–H groups in total. The van der Waals surface area contributed by atoms with Crippen molar-refractivity contribution in [1.29, 1.82) is 0 Å². The van der Waals surface area contributed by atoms with Crippen LogP contribution in [0.25, 0.3) is 0 Å². The number of anilines is 1. The average molecular weight is 495 g/mol. The monoisotopic (exact) mass is 494 g/mol. The van der Waals surface area contributed by atoms with Gasteiger partial charge in [-0.2, -0.15) is 11.8 Å². The van der Waals surface area contributed by atoms with Crippen molar-refractivity contribution in [2.24, 2.45) is 0 Å². The van der Waals surface area contributed by atoms with Crippen LogP contribution in [-0.4, -0.2) is 83.3 Å². The molecule has 1 unspecified atom stereocenters. The van der Waals surface area contributed by atoms with E-state index in [1.807, 2.05) is 40.9 Å². The molecule has 2 aromatic carbocycles. The van der Waals surface area contributed by atoms with E-state index in [1.54, 1.807) is 0 Å². The molecule has 7 heteroatoms. The summed E-state index contributed by atoms with van der Waals surface area (Å²) >= 11 is 1.89. The number of benzene rings is 2. The van der Waals surface area contributed by atoms with Crippen molar-refractivity contribution in [3.63, 3.8) is 0 Å². The maximum atomic E-state index is 13.0. The molecule has 0 aliphatic carbocycles. The lowest BCUT2D eigenvalue weighted by molar-refractivity contribution is -0.118. The SMILES string of the molecule is CCCN(CC(=O)Nc1cccc(C(=O)N2CCSCC2)c1)C1CCCN(Cc2ccccc2)C1. The molecule has 35 heavy (non-hydrogen) atoms. The number of hydrogen-bond acceptors (Lipinski definition) is 5. The highest BCUT2D eigenvalue weighted by atomic mass is 32.2. The zero-order valence-corrected chi connectivity index (χ0v) is 21.6. The number of likely N-dealkylation sites (tertiary alicyclic amines) is 1. The lowest BCUT2D eigenvalue weighted by atomic mass is 10.0. The molecule has 2 aliphatic heterocycles. The van der Waals surface area contributed by atoms with Crippen molar-refractivity contribution in [2.45, 2.75) is 38.8 Å². The summed E-state index contributed by atoms with van der Waals surface area (Å²) in [6.07, 6.45) is 3.29. The number of amides is 2. The van der Waals surface area contributed by atoms with E-state index in [-0.39, 0.29) is 11.8 Å². The van der Waals surface area contributed by atoms with Crippen LogP contribution in [0.3, 0.4) is 0 Å². The van der Waals surface area contributed by atoms with Gasteiger partial charge in [0.05, 0.1) is 6.54 Å². The van der Waals surface area contributed by atoms with E-state index in [9.17, 15) is 9.59 Å². The number of hydrogen-bond donors (Lipinski definition) is 1. The molecule has 1 atom stereocenters. The Morgan fingerprint density at radius 1 is 1.06 bits per heavy atom. The standard InChI is InChI=1S/C28H38N4O2S/c1-2-13-32(26-12-7-14-30(21-26)20-23-8-4-3-5-9-23)22-27(33)29-25-11-6-10-24(19-25)28(34)31-15-17-35-18-16-31/h3-6,8-11,19,26H,2,7,12-18,20-22H2,1H3,(H,29,33). The van der Waals surface area contributed by atoms with Gasteiger partial charge in [-0.3, -0.25) is 19.4 Å². The van der Waals surface area contributed by atoms with Crippen LogP contribution in [-0.2, 0) is 11.3 Å². The number of rotatable bonds is 9. The van der Waals surface area contributed by atoms with Crippen molar-refractivity contribution in [1.82, 2.24) is 14.7 Å². The number of piperidine rings is 1. The summed E-state index contributed by atoms with van der Waals surface area (Å²) in [5, 5.41) is 3.05. The summed E-state index contributed by atoms with van der Waals surface area (Å²) in [5.41, 5.74) is 2.67. The normalized spacial score (nSPS) is 19.0. The summed E-state index contributed by atoms with van der Waals surface area (Å²) in [4.78, 5) is 32.7. The van der Waals surface area contributed by atoms with Crippen molar-refractivity contribution in [3.05, 3.63) is 65.7 Å². The van der Waals surface area contributed by atoms with Crippen LogP contribution in [0.5, 0.6) is 0 Å². The Kier molecular flexibility index (Phi) is 9.63. The van der Waals surface area contributed by atoms with Gasteiger partial charge in [0.2, 0.25) is 5.91 Å². The van der Waals surface area contributed by atoms with Crippen LogP contribution in [0.15, 0.2) is 54.6 Å². The number of carbonyl (C=O) groups is 2. The van der Waals surface area contributed by atoms with Crippen LogP contribution in [0.1, 0.15) is 42.1 Å². The van der Waals surface area contributed by atoms with Gasteiger partial charge in [-0.1, -0.05) is 43.3 Å². The lowest BCUT2D eigenvalue weighted by Gasteiger charge is -2.39. The van der Waals surface area contributed by atoms with Gasteiger partial charge in [0.15, 0.2) is 0 Å². The van der Waals surface area contributed by atoms with Crippen molar-refractivity contribution in [2.75, 3.05) is 56.1 Å². The molecule has 0 bridgehead atoms. The third-order valence-electron chi connectivity index (χ3n) is 6.80. The fraction of sp³-hybridized carbons (Fsp3) is 0.500. The van der Waals surface area contributed by atoms with Gasteiger partial charge in [0, 0.05) is 55.0 Å². The second-order valence-corrected chi connectivity index (χ2v) is 10.7. The van der Waals surface area contributed by atoms with Crippen LogP contribution >= 0.6 is 11.8 Å². The van der Waals surface area contributed by atoms with Crippen LogP contribution in [0, 0.1) is 0 Å². The quantitative estimate of drug-likeness (QED) is 0.567. The maximum absolute atomic E-state index is 13.0. The highest BCUT2D eigenvalue weighted by Crippen LogP contribution is 2.20. The Labute approximate surface area is 214 Å². The maximum Gasteiger partial charge on any atom is 0.253 e. The first-order valence-electron chi connectivity index (χ1n) is 12.9. The molecule has 188 valence electrons. The van der Waals surface area contributed by atoms with Crippen molar-refractivity contribution in [3.8, 4) is 0 Å². The Hall–Kier alpha value is -2.35. The summed E-state index contributed by atoms with van der Waals surface area (Å²) in [5.74, 6) is 2.01. The molecule has 2 heterocycles. The zero-order valence-electron chi connectivity index (χ0n) is 20.8. The van der Waals surface area contributed by atoms with Gasteiger partial charge in [0.1, 0.15) is 0 Å². The molecule has 2 amide bonds. The molecule has 0 spiro atoms. The zero-order chi connectivity index (χ0) is 24.5. The predicted octanol–water partition coefficient (Wildman–Crippen LogP) is 4.19. The minimum absolute atomic E-state index is 0.0161. The van der Waals surface area contributed by atoms with E-state index in [4.69, 9.17) is 0 Å². The first kappa shape index (κ1) is 25.7. The smallest absolute Gasteiger partial charge is 0.253 e. The number of nitrogens with one attached hydrogen (secondary N) is 1. The Morgan fingerprint density at radius 3 is 2.63 bits per heavy atom. The summed E-state index contributed by atoms with van der Waals surface area (Å²) in [6.45, 7) is 8.07. The molecule has 0 aromatic heterocycles.